The Hall–Kier alpha value is -3.35. The topological polar surface area (TPSA) is 105 Å². The van der Waals surface area contributed by atoms with Crippen molar-refractivity contribution in [2.24, 2.45) is 5.92 Å². The maximum Gasteiger partial charge on any atom is 0.407 e. The number of carboxylic acid groups (broad SMARTS) is 1. The highest BCUT2D eigenvalue weighted by Gasteiger charge is 2.38. The minimum Gasteiger partial charge on any atom is -0.481 e. The first-order chi connectivity index (χ1) is 16.8. The number of hydrogen-bond donors (Lipinski definition) is 3. The van der Waals surface area contributed by atoms with Crippen LogP contribution in [0.3, 0.4) is 0 Å². The summed E-state index contributed by atoms with van der Waals surface area (Å²) in [7, 11) is 0. The highest BCUT2D eigenvalue weighted by molar-refractivity contribution is 5.87. The van der Waals surface area contributed by atoms with Crippen molar-refractivity contribution in [3.8, 4) is 11.1 Å². The van der Waals surface area contributed by atoms with E-state index in [0.717, 1.165) is 41.5 Å². The average molecular weight is 479 g/mol. The number of nitrogens with one attached hydrogen (secondary N) is 2. The van der Waals surface area contributed by atoms with Gasteiger partial charge in [0.25, 0.3) is 0 Å². The van der Waals surface area contributed by atoms with Crippen molar-refractivity contribution in [2.45, 2.75) is 69.9 Å². The second-order valence-corrected chi connectivity index (χ2v) is 10.1. The van der Waals surface area contributed by atoms with Crippen LogP contribution in [0.5, 0.6) is 0 Å². The van der Waals surface area contributed by atoms with Gasteiger partial charge in [0.2, 0.25) is 5.91 Å². The summed E-state index contributed by atoms with van der Waals surface area (Å²) in [6, 6.07) is 15.4. The standard InChI is InChI=1S/C28H34N2O5/c1-18(2)25(26(33)30-28(16-24(31)32)14-8-3-9-15-28)29-27(34)35-17-23-21-12-6-4-10-19(21)20-11-5-7-13-22(20)23/h4-7,10-13,18,23,25H,3,8-9,14-17H2,1-2H3,(H,29,34)(H,30,33)(H,31,32). The Balaban J connectivity index is 1.41. The fourth-order valence-electron chi connectivity index (χ4n) is 5.51. The monoisotopic (exact) mass is 478 g/mol. The van der Waals surface area contributed by atoms with Crippen LogP contribution < -0.4 is 10.6 Å². The number of carbonyl (C=O) groups excluding carboxylic acids is 2. The van der Waals surface area contributed by atoms with Crippen molar-refractivity contribution in [1.29, 1.82) is 0 Å². The molecule has 7 heteroatoms. The molecule has 0 heterocycles. The van der Waals surface area contributed by atoms with Crippen molar-refractivity contribution >= 4 is 18.0 Å². The zero-order chi connectivity index (χ0) is 25.0. The molecule has 0 aromatic heterocycles. The number of carboxylic acids is 1. The summed E-state index contributed by atoms with van der Waals surface area (Å²) in [5.74, 6) is -1.56. The van der Waals surface area contributed by atoms with Gasteiger partial charge in [-0.05, 0) is 41.0 Å². The second kappa shape index (κ2) is 10.5. The third-order valence-corrected chi connectivity index (χ3v) is 7.25. The number of rotatable bonds is 8. The lowest BCUT2D eigenvalue weighted by Gasteiger charge is -2.38. The van der Waals surface area contributed by atoms with E-state index in [-0.39, 0.29) is 30.8 Å². The maximum absolute atomic E-state index is 13.2. The van der Waals surface area contributed by atoms with Crippen LogP contribution in [0.15, 0.2) is 48.5 Å². The van der Waals surface area contributed by atoms with E-state index in [1.54, 1.807) is 0 Å². The summed E-state index contributed by atoms with van der Waals surface area (Å²) < 4.78 is 5.63. The molecule has 2 aromatic rings. The van der Waals surface area contributed by atoms with Crippen LogP contribution in [0, 0.1) is 5.92 Å². The number of alkyl carbamates (subject to hydrolysis) is 1. The first kappa shape index (κ1) is 24.8. The number of hydrogen-bond acceptors (Lipinski definition) is 4. The van der Waals surface area contributed by atoms with Crippen LogP contribution >= 0.6 is 0 Å². The largest absolute Gasteiger partial charge is 0.481 e. The average Bonchev–Trinajstić information content (AvgIpc) is 3.14. The summed E-state index contributed by atoms with van der Waals surface area (Å²) >= 11 is 0. The van der Waals surface area contributed by atoms with Crippen molar-refractivity contribution in [2.75, 3.05) is 6.61 Å². The van der Waals surface area contributed by atoms with E-state index < -0.39 is 23.6 Å². The minimum absolute atomic E-state index is 0.0689. The summed E-state index contributed by atoms with van der Waals surface area (Å²) in [6.07, 6.45) is 3.26. The Morgan fingerprint density at radius 3 is 2.09 bits per heavy atom. The molecule has 0 radical (unpaired) electrons. The summed E-state index contributed by atoms with van der Waals surface area (Å²) in [5.41, 5.74) is 3.76. The molecule has 0 saturated heterocycles. The van der Waals surface area contributed by atoms with Crippen molar-refractivity contribution in [1.82, 2.24) is 10.6 Å². The molecule has 1 fully saturated rings. The molecule has 35 heavy (non-hydrogen) atoms. The predicted octanol–water partition coefficient (Wildman–Crippen LogP) is 4.84. The van der Waals surface area contributed by atoms with Crippen LogP contribution in [0.1, 0.15) is 69.4 Å². The van der Waals surface area contributed by atoms with E-state index in [9.17, 15) is 19.5 Å². The SMILES string of the molecule is CC(C)C(NC(=O)OCC1c2ccccc2-c2ccccc21)C(=O)NC1(CC(=O)O)CCCCC1. The zero-order valence-corrected chi connectivity index (χ0v) is 20.4. The molecule has 7 nitrogen and oxygen atoms in total. The van der Waals surface area contributed by atoms with Crippen LogP contribution in [0.25, 0.3) is 11.1 Å². The van der Waals surface area contributed by atoms with Gasteiger partial charge in [-0.1, -0.05) is 81.6 Å². The van der Waals surface area contributed by atoms with Crippen LogP contribution in [-0.2, 0) is 14.3 Å². The van der Waals surface area contributed by atoms with Crippen molar-refractivity contribution in [3.63, 3.8) is 0 Å². The Morgan fingerprint density at radius 1 is 0.971 bits per heavy atom. The van der Waals surface area contributed by atoms with Crippen LogP contribution in [-0.4, -0.2) is 41.3 Å². The molecular weight excluding hydrogens is 444 g/mol. The summed E-state index contributed by atoms with van der Waals surface area (Å²) in [4.78, 5) is 37.5. The molecular formula is C28H34N2O5. The van der Waals surface area contributed by atoms with Crippen LogP contribution in [0.2, 0.25) is 0 Å². The van der Waals surface area contributed by atoms with E-state index in [0.29, 0.717) is 12.8 Å². The third-order valence-electron chi connectivity index (χ3n) is 7.25. The minimum atomic E-state index is -0.933. The molecule has 1 unspecified atom stereocenters. The number of carbonyl (C=O) groups is 3. The molecule has 3 N–H and O–H groups in total. The van der Waals surface area contributed by atoms with Crippen molar-refractivity contribution in [3.05, 3.63) is 59.7 Å². The number of benzene rings is 2. The number of fused-ring (bicyclic) bond motifs is 3. The van der Waals surface area contributed by atoms with E-state index in [1.807, 2.05) is 38.1 Å². The van der Waals surface area contributed by atoms with Gasteiger partial charge in [-0.3, -0.25) is 9.59 Å². The zero-order valence-electron chi connectivity index (χ0n) is 20.4. The van der Waals surface area contributed by atoms with Gasteiger partial charge in [0.15, 0.2) is 0 Å². The molecule has 1 atom stereocenters. The molecule has 0 aliphatic heterocycles. The molecule has 1 saturated carbocycles. The third kappa shape index (κ3) is 5.50. The molecule has 0 spiro atoms. The number of ether oxygens (including phenoxy) is 1. The number of amides is 2. The van der Waals surface area contributed by atoms with Crippen molar-refractivity contribution < 1.29 is 24.2 Å². The van der Waals surface area contributed by atoms with E-state index >= 15 is 0 Å². The molecule has 2 amide bonds. The first-order valence-corrected chi connectivity index (χ1v) is 12.4. The van der Waals surface area contributed by atoms with E-state index in [2.05, 4.69) is 34.9 Å². The Morgan fingerprint density at radius 2 is 1.54 bits per heavy atom. The molecule has 2 aliphatic rings. The quantitative estimate of drug-likeness (QED) is 0.503. The van der Waals surface area contributed by atoms with Gasteiger partial charge >= 0.3 is 12.1 Å². The Kier molecular flexibility index (Phi) is 7.43. The lowest BCUT2D eigenvalue weighted by atomic mass is 9.79. The van der Waals surface area contributed by atoms with E-state index in [4.69, 9.17) is 4.74 Å². The molecule has 2 aromatic carbocycles. The predicted molar refractivity (Wildman–Crippen MR) is 133 cm³/mol. The number of aliphatic carboxylic acids is 1. The van der Waals surface area contributed by atoms with Gasteiger partial charge in [0.1, 0.15) is 12.6 Å². The first-order valence-electron chi connectivity index (χ1n) is 12.4. The highest BCUT2D eigenvalue weighted by atomic mass is 16.5. The van der Waals surface area contributed by atoms with Gasteiger partial charge in [-0.2, -0.15) is 0 Å². The Bertz CT molecular complexity index is 1040. The van der Waals surface area contributed by atoms with Gasteiger partial charge in [0, 0.05) is 5.92 Å². The fourth-order valence-corrected chi connectivity index (χ4v) is 5.51. The Labute approximate surface area is 206 Å². The molecule has 0 bridgehead atoms. The molecule has 2 aliphatic carbocycles. The highest BCUT2D eigenvalue weighted by Crippen LogP contribution is 2.44. The van der Waals surface area contributed by atoms with E-state index in [1.165, 1.54) is 0 Å². The lowest BCUT2D eigenvalue weighted by molar-refractivity contribution is -0.140. The van der Waals surface area contributed by atoms with Gasteiger partial charge in [0.05, 0.1) is 12.0 Å². The van der Waals surface area contributed by atoms with Gasteiger partial charge in [-0.15, -0.1) is 0 Å². The molecule has 4 rings (SSSR count). The van der Waals surface area contributed by atoms with Crippen LogP contribution in [0.4, 0.5) is 4.79 Å². The second-order valence-electron chi connectivity index (χ2n) is 10.1. The fraction of sp³-hybridized carbons (Fsp3) is 0.464. The maximum atomic E-state index is 13.2. The smallest absolute Gasteiger partial charge is 0.407 e. The molecule has 186 valence electrons. The van der Waals surface area contributed by atoms with Gasteiger partial charge < -0.3 is 20.5 Å². The summed E-state index contributed by atoms with van der Waals surface area (Å²) in [5, 5.41) is 15.1. The van der Waals surface area contributed by atoms with Gasteiger partial charge in [-0.25, -0.2) is 4.79 Å². The lowest BCUT2D eigenvalue weighted by Crippen LogP contribution is -2.58. The normalized spacial score (nSPS) is 17.2. The summed E-state index contributed by atoms with van der Waals surface area (Å²) in [6.45, 7) is 3.85.